The molecule has 1 atom stereocenters. The maximum atomic E-state index is 12.5. The standard InChI is InChI=1S/C12H15ClF3NO2S/c1-8(2)11(13)7-17-20(18,19)10-5-3-4-9(6-10)12(14,15)16/h3-6,8,11,17H,7H2,1-2H3. The van der Waals surface area contributed by atoms with Crippen LogP contribution in [-0.2, 0) is 16.2 Å². The maximum absolute atomic E-state index is 12.5. The highest BCUT2D eigenvalue weighted by atomic mass is 35.5. The van der Waals surface area contributed by atoms with E-state index in [2.05, 4.69) is 4.72 Å². The van der Waals surface area contributed by atoms with Gasteiger partial charge in [-0.3, -0.25) is 0 Å². The van der Waals surface area contributed by atoms with Crippen LogP contribution in [0.15, 0.2) is 29.2 Å². The molecule has 0 heterocycles. The largest absolute Gasteiger partial charge is 0.416 e. The van der Waals surface area contributed by atoms with Crippen molar-refractivity contribution in [3.8, 4) is 0 Å². The monoisotopic (exact) mass is 329 g/mol. The minimum atomic E-state index is -4.58. The lowest BCUT2D eigenvalue weighted by Crippen LogP contribution is -2.32. The third-order valence-electron chi connectivity index (χ3n) is 2.66. The van der Waals surface area contributed by atoms with Crippen molar-refractivity contribution in [3.05, 3.63) is 29.8 Å². The number of halogens is 4. The Bertz CT molecular complexity index is 558. The van der Waals surface area contributed by atoms with Crippen molar-refractivity contribution in [1.82, 2.24) is 4.72 Å². The summed E-state index contributed by atoms with van der Waals surface area (Å²) >= 11 is 5.91. The van der Waals surface area contributed by atoms with E-state index in [1.165, 1.54) is 0 Å². The zero-order valence-electron chi connectivity index (χ0n) is 10.9. The Morgan fingerprint density at radius 3 is 2.40 bits per heavy atom. The second-order valence-electron chi connectivity index (χ2n) is 4.64. The molecule has 0 aliphatic rings. The first-order chi connectivity index (χ1) is 9.04. The Kier molecular flexibility index (Phi) is 5.46. The predicted octanol–water partition coefficient (Wildman–Crippen LogP) is 3.25. The molecule has 0 spiro atoms. The summed E-state index contributed by atoms with van der Waals surface area (Å²) in [6, 6.07) is 3.58. The normalized spacial score (nSPS) is 14.6. The Morgan fingerprint density at radius 1 is 1.30 bits per heavy atom. The van der Waals surface area contributed by atoms with Crippen molar-refractivity contribution < 1.29 is 21.6 Å². The second kappa shape index (κ2) is 6.32. The average molecular weight is 330 g/mol. The van der Waals surface area contributed by atoms with E-state index in [1.54, 1.807) is 0 Å². The van der Waals surface area contributed by atoms with Crippen LogP contribution in [0.1, 0.15) is 19.4 Å². The van der Waals surface area contributed by atoms with Gasteiger partial charge in [0.15, 0.2) is 0 Å². The zero-order chi connectivity index (χ0) is 15.6. The van der Waals surface area contributed by atoms with Crippen LogP contribution in [0, 0.1) is 5.92 Å². The molecule has 1 unspecified atom stereocenters. The van der Waals surface area contributed by atoms with E-state index in [-0.39, 0.29) is 12.5 Å². The fourth-order valence-electron chi connectivity index (χ4n) is 1.35. The van der Waals surface area contributed by atoms with Crippen molar-refractivity contribution in [2.45, 2.75) is 30.3 Å². The van der Waals surface area contributed by atoms with E-state index >= 15 is 0 Å². The average Bonchev–Trinajstić information content (AvgIpc) is 2.35. The van der Waals surface area contributed by atoms with E-state index in [0.717, 1.165) is 18.2 Å². The summed E-state index contributed by atoms with van der Waals surface area (Å²) in [5, 5.41) is -0.435. The van der Waals surface area contributed by atoms with Gasteiger partial charge in [-0.25, -0.2) is 13.1 Å². The van der Waals surface area contributed by atoms with Crippen LogP contribution in [-0.4, -0.2) is 20.3 Å². The molecule has 1 aromatic carbocycles. The van der Waals surface area contributed by atoms with Gasteiger partial charge in [-0.15, -0.1) is 11.6 Å². The number of alkyl halides is 4. The molecular weight excluding hydrogens is 315 g/mol. The molecule has 8 heteroatoms. The molecule has 1 N–H and O–H groups in total. The van der Waals surface area contributed by atoms with Crippen molar-refractivity contribution >= 4 is 21.6 Å². The molecule has 1 rings (SSSR count). The smallest absolute Gasteiger partial charge is 0.210 e. The molecule has 0 saturated heterocycles. The Hall–Kier alpha value is -0.790. The first-order valence-electron chi connectivity index (χ1n) is 5.85. The van der Waals surface area contributed by atoms with Crippen molar-refractivity contribution in [1.29, 1.82) is 0 Å². The van der Waals surface area contributed by atoms with E-state index in [9.17, 15) is 21.6 Å². The van der Waals surface area contributed by atoms with E-state index in [0.29, 0.717) is 6.07 Å². The van der Waals surface area contributed by atoms with Gasteiger partial charge in [0.2, 0.25) is 10.0 Å². The molecule has 0 aliphatic heterocycles. The van der Waals surface area contributed by atoms with Gasteiger partial charge in [-0.2, -0.15) is 13.2 Å². The highest BCUT2D eigenvalue weighted by Crippen LogP contribution is 2.30. The maximum Gasteiger partial charge on any atom is 0.416 e. The SMILES string of the molecule is CC(C)C(Cl)CNS(=O)(=O)c1cccc(C(F)(F)F)c1. The van der Waals surface area contributed by atoms with Crippen molar-refractivity contribution in [2.75, 3.05) is 6.54 Å². The molecule has 20 heavy (non-hydrogen) atoms. The molecule has 0 aromatic heterocycles. The topological polar surface area (TPSA) is 46.2 Å². The number of benzene rings is 1. The first-order valence-corrected chi connectivity index (χ1v) is 7.77. The molecular formula is C12H15ClF3NO2S. The summed E-state index contributed by atoms with van der Waals surface area (Å²) in [5.41, 5.74) is -1.01. The van der Waals surface area contributed by atoms with Crippen LogP contribution in [0.4, 0.5) is 13.2 Å². The minimum Gasteiger partial charge on any atom is -0.210 e. The minimum absolute atomic E-state index is 0.0425. The van der Waals surface area contributed by atoms with Crippen molar-refractivity contribution in [2.24, 2.45) is 5.92 Å². The van der Waals surface area contributed by atoms with Crippen LogP contribution >= 0.6 is 11.6 Å². The quantitative estimate of drug-likeness (QED) is 0.843. The number of rotatable bonds is 5. The molecule has 0 amide bonds. The first kappa shape index (κ1) is 17.3. The fourth-order valence-corrected chi connectivity index (χ4v) is 2.62. The summed E-state index contributed by atoms with van der Waals surface area (Å²) in [7, 11) is -4.01. The molecule has 3 nitrogen and oxygen atoms in total. The predicted molar refractivity (Wildman–Crippen MR) is 71.1 cm³/mol. The van der Waals surface area contributed by atoms with Gasteiger partial charge < -0.3 is 0 Å². The number of hydrogen-bond acceptors (Lipinski definition) is 2. The van der Waals surface area contributed by atoms with Crippen LogP contribution in [0.2, 0.25) is 0 Å². The number of sulfonamides is 1. The molecule has 114 valence electrons. The lowest BCUT2D eigenvalue weighted by molar-refractivity contribution is -0.137. The van der Waals surface area contributed by atoms with Gasteiger partial charge in [0.1, 0.15) is 0 Å². The number of hydrogen-bond donors (Lipinski definition) is 1. The summed E-state index contributed by atoms with van der Waals surface area (Å²) in [4.78, 5) is -0.431. The van der Waals surface area contributed by atoms with Gasteiger partial charge in [0.25, 0.3) is 0 Å². The molecule has 0 aliphatic carbocycles. The van der Waals surface area contributed by atoms with Gasteiger partial charge in [-0.05, 0) is 24.1 Å². The summed E-state index contributed by atoms with van der Waals surface area (Å²) in [5.74, 6) is 0.0425. The fraction of sp³-hybridized carbons (Fsp3) is 0.500. The van der Waals surface area contributed by atoms with Gasteiger partial charge in [-0.1, -0.05) is 19.9 Å². The number of nitrogens with one attached hydrogen (secondary N) is 1. The highest BCUT2D eigenvalue weighted by Gasteiger charge is 2.31. The Morgan fingerprint density at radius 2 is 1.90 bits per heavy atom. The lowest BCUT2D eigenvalue weighted by Gasteiger charge is -2.15. The molecule has 0 fully saturated rings. The van der Waals surface area contributed by atoms with E-state index in [4.69, 9.17) is 11.6 Å². The van der Waals surface area contributed by atoms with Crippen LogP contribution in [0.3, 0.4) is 0 Å². The molecule has 0 radical (unpaired) electrons. The molecule has 1 aromatic rings. The van der Waals surface area contributed by atoms with Crippen LogP contribution < -0.4 is 4.72 Å². The summed E-state index contributed by atoms with van der Waals surface area (Å²) in [6.07, 6.45) is -4.58. The van der Waals surface area contributed by atoms with Gasteiger partial charge >= 0.3 is 6.18 Å². The molecule has 0 saturated carbocycles. The third kappa shape index (κ3) is 4.64. The Balaban J connectivity index is 2.93. The van der Waals surface area contributed by atoms with Crippen LogP contribution in [0.25, 0.3) is 0 Å². The summed E-state index contributed by atoms with van der Waals surface area (Å²) in [6.45, 7) is 3.59. The van der Waals surface area contributed by atoms with Gasteiger partial charge in [0.05, 0.1) is 10.5 Å². The Labute approximate surface area is 121 Å². The van der Waals surface area contributed by atoms with E-state index in [1.807, 2.05) is 13.8 Å². The molecule has 0 bridgehead atoms. The van der Waals surface area contributed by atoms with E-state index < -0.39 is 32.0 Å². The summed E-state index contributed by atoms with van der Waals surface area (Å²) < 4.78 is 63.6. The second-order valence-corrected chi connectivity index (χ2v) is 6.97. The highest BCUT2D eigenvalue weighted by molar-refractivity contribution is 7.89. The lowest BCUT2D eigenvalue weighted by atomic mass is 10.1. The van der Waals surface area contributed by atoms with Crippen LogP contribution in [0.5, 0.6) is 0 Å². The van der Waals surface area contributed by atoms with Gasteiger partial charge in [0, 0.05) is 11.9 Å². The third-order valence-corrected chi connectivity index (χ3v) is 4.74. The zero-order valence-corrected chi connectivity index (χ0v) is 12.5. The van der Waals surface area contributed by atoms with Crippen molar-refractivity contribution in [3.63, 3.8) is 0 Å².